The van der Waals surface area contributed by atoms with Crippen LogP contribution < -0.4 is 113 Å². The van der Waals surface area contributed by atoms with Crippen molar-refractivity contribution in [2.45, 2.75) is 18.4 Å². The number of carbonyl (C=O) groups excluding carboxylic acids is 2. The number of hydrogen-bond donors (Lipinski definition) is 5. The predicted molar refractivity (Wildman–Crippen MR) is 46.1 cm³/mol. The molecule has 0 heterocycles. The number of carboxylic acids is 3. The van der Waals surface area contributed by atoms with Crippen LogP contribution in [0.2, 0.25) is 0 Å². The number of phosphoric acid groups is 1. The molecule has 0 atom stereocenters. The number of rotatable bonds is 5. The maximum Gasteiger partial charge on any atom is 1.00 e. The Hall–Kier alpha value is 1.75. The molecule has 106 valence electrons. The Kier molecular flexibility index (Phi) is 19.6. The molecule has 0 radical (unpaired) electrons. The summed E-state index contributed by atoms with van der Waals surface area (Å²) in [5, 5.41) is 37.2. The van der Waals surface area contributed by atoms with Crippen molar-refractivity contribution >= 4 is 25.7 Å². The van der Waals surface area contributed by atoms with Crippen LogP contribution in [0.3, 0.4) is 0 Å². The van der Waals surface area contributed by atoms with Gasteiger partial charge in [-0.1, -0.05) is 0 Å². The molecule has 0 aliphatic carbocycles. The molecule has 11 nitrogen and oxygen atoms in total. The Labute approximate surface area is 197 Å². The molecule has 0 bridgehead atoms. The summed E-state index contributed by atoms with van der Waals surface area (Å²) in [5.41, 5.74) is -2.86. The van der Waals surface area contributed by atoms with Gasteiger partial charge >= 0.3 is 117 Å². The molecule has 14 heteroatoms. The topological polar surface area (TPSA) is 216 Å². The van der Waals surface area contributed by atoms with Gasteiger partial charge in [-0.2, -0.15) is 0 Å². The first-order valence-electron chi connectivity index (χ1n) is 3.91. The second-order valence-electron chi connectivity index (χ2n) is 2.95. The maximum atomic E-state index is 10.3. The minimum Gasteiger partial charge on any atom is -0.550 e. The fourth-order valence-corrected chi connectivity index (χ4v) is 0.691. The smallest absolute Gasteiger partial charge is 0.550 e. The van der Waals surface area contributed by atoms with Gasteiger partial charge in [-0.25, -0.2) is 9.36 Å². The van der Waals surface area contributed by atoms with Crippen LogP contribution in [0, 0.1) is 0 Å². The van der Waals surface area contributed by atoms with Crippen molar-refractivity contribution < 1.29 is 157 Å². The second-order valence-corrected chi connectivity index (χ2v) is 3.97. The Balaban J connectivity index is -0.000000158. The average Bonchev–Trinajstić information content (AvgIpc) is 1.95. The van der Waals surface area contributed by atoms with Gasteiger partial charge in [-0.15, -0.1) is 0 Å². The van der Waals surface area contributed by atoms with Crippen molar-refractivity contribution in [1.29, 1.82) is 0 Å². The van der Waals surface area contributed by atoms with Gasteiger partial charge in [0, 0.05) is 24.8 Å². The van der Waals surface area contributed by atoms with Gasteiger partial charge in [-0.05, 0) is 0 Å². The molecule has 5 N–H and O–H groups in total. The molecule has 0 aromatic rings. The van der Waals surface area contributed by atoms with Crippen molar-refractivity contribution in [3.8, 4) is 0 Å². The zero-order valence-electron chi connectivity index (χ0n) is 10.5. The molecule has 0 unspecified atom stereocenters. The van der Waals surface area contributed by atoms with Crippen LogP contribution in [0.1, 0.15) is 12.8 Å². The molecule has 0 amide bonds. The number of hydrogen-bond acceptors (Lipinski definition) is 7. The van der Waals surface area contributed by atoms with Gasteiger partial charge in [0.15, 0.2) is 5.60 Å². The van der Waals surface area contributed by atoms with E-state index in [0.29, 0.717) is 0 Å². The minimum absolute atomic E-state index is 0. The van der Waals surface area contributed by atoms with Gasteiger partial charge in [0.05, 0.1) is 0 Å². The van der Waals surface area contributed by atoms with Crippen LogP contribution in [0.25, 0.3) is 0 Å². The van der Waals surface area contributed by atoms with E-state index in [-0.39, 0.29) is 103 Å². The fraction of sp³-hybridized carbons (Fsp3) is 0.500. The first kappa shape index (κ1) is 29.7. The molecule has 0 aliphatic heterocycles. The Bertz CT molecular complexity index is 353. The van der Waals surface area contributed by atoms with Gasteiger partial charge in [-0.3, -0.25) is 0 Å². The summed E-state index contributed by atoms with van der Waals surface area (Å²) in [5.74, 6) is -5.65. The van der Waals surface area contributed by atoms with Crippen molar-refractivity contribution in [3.63, 3.8) is 0 Å². The molecular formula is C6H9K2O11P. The van der Waals surface area contributed by atoms with Crippen molar-refractivity contribution in [1.82, 2.24) is 0 Å². The zero-order chi connectivity index (χ0) is 15.1. The van der Waals surface area contributed by atoms with Gasteiger partial charge in [0.1, 0.15) is 0 Å². The largest absolute Gasteiger partial charge is 1.00 e. The number of aliphatic hydroxyl groups is 1. The number of carbonyl (C=O) groups is 3. The van der Waals surface area contributed by atoms with Gasteiger partial charge in [0.2, 0.25) is 0 Å². The predicted octanol–water partition coefficient (Wildman–Crippen LogP) is -10.8. The van der Waals surface area contributed by atoms with Crippen LogP contribution >= 0.6 is 7.82 Å². The van der Waals surface area contributed by atoms with Crippen molar-refractivity contribution in [2.24, 2.45) is 0 Å². The molecule has 0 fully saturated rings. The summed E-state index contributed by atoms with van der Waals surface area (Å²) >= 11 is 0. The minimum atomic E-state index is -4.64. The van der Waals surface area contributed by atoms with E-state index in [4.69, 9.17) is 29.5 Å². The number of carboxylic acid groups (broad SMARTS) is 3. The monoisotopic (exact) mass is 366 g/mol. The first-order valence-corrected chi connectivity index (χ1v) is 5.48. The fourth-order valence-electron chi connectivity index (χ4n) is 0.691. The molecule has 0 saturated heterocycles. The van der Waals surface area contributed by atoms with E-state index in [0.717, 1.165) is 0 Å². The number of aliphatic carboxylic acids is 3. The Morgan fingerprint density at radius 2 is 1.15 bits per heavy atom. The molecule has 0 aromatic heterocycles. The van der Waals surface area contributed by atoms with E-state index in [1.165, 1.54) is 0 Å². The average molecular weight is 366 g/mol. The normalized spacial score (nSPS) is 10.0. The Morgan fingerprint density at radius 3 is 1.25 bits per heavy atom. The molecule has 0 saturated carbocycles. The molecule has 0 rings (SSSR count). The van der Waals surface area contributed by atoms with Crippen LogP contribution in [0.15, 0.2) is 0 Å². The van der Waals surface area contributed by atoms with Crippen molar-refractivity contribution in [2.75, 3.05) is 0 Å². The SMILES string of the molecule is O=C([O-])CC(O)(CC(=O)[O-])C(=O)O.O=P(O)(O)O.[K+].[K+]. The van der Waals surface area contributed by atoms with Crippen LogP contribution in [0.4, 0.5) is 0 Å². The van der Waals surface area contributed by atoms with Crippen LogP contribution in [0.5, 0.6) is 0 Å². The summed E-state index contributed by atoms with van der Waals surface area (Å²) in [6.45, 7) is 0. The van der Waals surface area contributed by atoms with Gasteiger partial charge < -0.3 is 44.7 Å². The van der Waals surface area contributed by atoms with E-state index < -0.39 is 44.2 Å². The molecule has 0 spiro atoms. The molecular weight excluding hydrogens is 357 g/mol. The Morgan fingerprint density at radius 1 is 0.950 bits per heavy atom. The van der Waals surface area contributed by atoms with Crippen molar-refractivity contribution in [3.05, 3.63) is 0 Å². The van der Waals surface area contributed by atoms with Crippen LogP contribution in [-0.2, 0) is 18.9 Å². The zero-order valence-corrected chi connectivity index (χ0v) is 17.7. The van der Waals surface area contributed by atoms with E-state index in [1.807, 2.05) is 0 Å². The molecule has 20 heavy (non-hydrogen) atoms. The summed E-state index contributed by atoms with van der Waals surface area (Å²) in [6, 6.07) is 0. The summed E-state index contributed by atoms with van der Waals surface area (Å²) < 4.78 is 8.88. The third kappa shape index (κ3) is 22.0. The van der Waals surface area contributed by atoms with E-state index in [9.17, 15) is 24.6 Å². The van der Waals surface area contributed by atoms with Gasteiger partial charge in [0.25, 0.3) is 0 Å². The van der Waals surface area contributed by atoms with Crippen LogP contribution in [-0.4, -0.2) is 48.4 Å². The maximum absolute atomic E-state index is 10.3. The standard InChI is InChI=1S/C6H8O7.2K.H3O4P/c7-3(8)1-6(13,5(11)12)2-4(9)10;;;1-5(2,3)4/h13H,1-2H2,(H,7,8)(H,9,10)(H,11,12);;;(H3,1,2,3,4)/q;2*+1;/p-2. The molecule has 0 aromatic carbocycles. The summed E-state index contributed by atoms with van der Waals surface area (Å²) in [4.78, 5) is 51.7. The first-order chi connectivity index (χ1) is 7.78. The third-order valence-electron chi connectivity index (χ3n) is 1.27. The summed E-state index contributed by atoms with van der Waals surface area (Å²) in [6.07, 6.45) is -2.59. The summed E-state index contributed by atoms with van der Waals surface area (Å²) in [7, 11) is -4.64. The van der Waals surface area contributed by atoms with E-state index in [1.54, 1.807) is 0 Å². The van der Waals surface area contributed by atoms with E-state index >= 15 is 0 Å². The van der Waals surface area contributed by atoms with E-state index in [2.05, 4.69) is 0 Å². The molecule has 0 aliphatic rings. The second kappa shape index (κ2) is 13.2. The quantitative estimate of drug-likeness (QED) is 0.227. The third-order valence-corrected chi connectivity index (χ3v) is 1.27.